The van der Waals surface area contributed by atoms with Crippen molar-refractivity contribution in [3.63, 3.8) is 0 Å². The van der Waals surface area contributed by atoms with E-state index in [-0.39, 0.29) is 11.9 Å². The molecule has 0 aliphatic carbocycles. The van der Waals surface area contributed by atoms with E-state index in [0.29, 0.717) is 11.7 Å². The van der Waals surface area contributed by atoms with Gasteiger partial charge in [-0.1, -0.05) is 0 Å². The minimum atomic E-state index is -0.0293. The van der Waals surface area contributed by atoms with Gasteiger partial charge in [-0.2, -0.15) is 0 Å². The molecule has 2 atom stereocenters. The topological polar surface area (TPSA) is 58.1 Å². The largest absolute Gasteiger partial charge is 0.332 e. The molecule has 1 fully saturated rings. The Hall–Kier alpha value is -1.49. The molecule has 0 aromatic carbocycles. The van der Waals surface area contributed by atoms with Crippen LogP contribution in [0.4, 0.5) is 0 Å². The van der Waals surface area contributed by atoms with Crippen LogP contribution >= 0.6 is 0 Å². The number of piperazine rings is 1. The first-order chi connectivity index (χ1) is 8.09. The van der Waals surface area contributed by atoms with Crippen LogP contribution in [0.2, 0.25) is 0 Å². The van der Waals surface area contributed by atoms with E-state index in [4.69, 9.17) is 0 Å². The summed E-state index contributed by atoms with van der Waals surface area (Å²) in [6, 6.07) is 0.491. The Balaban J connectivity index is 2.16. The second-order valence-electron chi connectivity index (χ2n) is 4.52. The number of hydrogen-bond acceptors (Lipinski definition) is 4. The first-order valence-electron chi connectivity index (χ1n) is 5.92. The molecule has 1 aromatic heterocycles. The van der Waals surface area contributed by atoms with Gasteiger partial charge in [0, 0.05) is 31.4 Å². The number of amides is 1. The molecule has 0 saturated carbocycles. The van der Waals surface area contributed by atoms with E-state index in [1.54, 1.807) is 12.4 Å². The van der Waals surface area contributed by atoms with Gasteiger partial charge < -0.3 is 10.2 Å². The number of carbonyl (C=O) groups is 1. The van der Waals surface area contributed by atoms with Gasteiger partial charge in [0.25, 0.3) is 5.91 Å². The molecule has 0 radical (unpaired) electrons. The van der Waals surface area contributed by atoms with E-state index >= 15 is 0 Å². The van der Waals surface area contributed by atoms with Crippen molar-refractivity contribution in [2.45, 2.75) is 32.9 Å². The Morgan fingerprint density at radius 3 is 2.82 bits per heavy atom. The summed E-state index contributed by atoms with van der Waals surface area (Å²) in [6.45, 7) is 7.55. The summed E-state index contributed by atoms with van der Waals surface area (Å²) in [4.78, 5) is 22.4. The van der Waals surface area contributed by atoms with Gasteiger partial charge in [-0.05, 0) is 20.8 Å². The third-order valence-corrected chi connectivity index (χ3v) is 3.30. The van der Waals surface area contributed by atoms with E-state index < -0.39 is 0 Å². The third kappa shape index (κ3) is 2.44. The zero-order valence-electron chi connectivity index (χ0n) is 10.5. The lowest BCUT2D eigenvalue weighted by Crippen LogP contribution is -2.57. The summed E-state index contributed by atoms with van der Waals surface area (Å²) < 4.78 is 0. The lowest BCUT2D eigenvalue weighted by atomic mass is 10.1. The molecule has 5 heteroatoms. The van der Waals surface area contributed by atoms with Crippen molar-refractivity contribution in [3.05, 3.63) is 23.8 Å². The molecule has 2 rings (SSSR count). The number of hydrogen-bond donors (Lipinski definition) is 1. The normalized spacial score (nSPS) is 24.8. The minimum absolute atomic E-state index is 0.0293. The average molecular weight is 234 g/mol. The van der Waals surface area contributed by atoms with E-state index in [2.05, 4.69) is 29.1 Å². The van der Waals surface area contributed by atoms with Gasteiger partial charge in [-0.25, -0.2) is 4.98 Å². The van der Waals surface area contributed by atoms with Crippen molar-refractivity contribution in [2.75, 3.05) is 13.1 Å². The van der Waals surface area contributed by atoms with Crippen molar-refractivity contribution in [3.8, 4) is 0 Å². The summed E-state index contributed by atoms with van der Waals surface area (Å²) >= 11 is 0. The van der Waals surface area contributed by atoms with Crippen LogP contribution in [0.5, 0.6) is 0 Å². The van der Waals surface area contributed by atoms with Gasteiger partial charge in [0.2, 0.25) is 0 Å². The fourth-order valence-electron chi connectivity index (χ4n) is 1.99. The fourth-order valence-corrected chi connectivity index (χ4v) is 1.99. The molecule has 1 aromatic rings. The van der Waals surface area contributed by atoms with Crippen LogP contribution in [0.3, 0.4) is 0 Å². The van der Waals surface area contributed by atoms with E-state index in [0.717, 1.165) is 18.8 Å². The van der Waals surface area contributed by atoms with Gasteiger partial charge in [0.05, 0.1) is 11.9 Å². The van der Waals surface area contributed by atoms with Crippen molar-refractivity contribution in [2.24, 2.45) is 0 Å². The number of nitrogens with zero attached hydrogens (tertiary/aromatic N) is 3. The number of aryl methyl sites for hydroxylation is 1. The highest BCUT2D eigenvalue weighted by molar-refractivity contribution is 5.92. The summed E-state index contributed by atoms with van der Waals surface area (Å²) in [5.41, 5.74) is 1.25. The quantitative estimate of drug-likeness (QED) is 0.773. The van der Waals surface area contributed by atoms with Crippen LogP contribution in [0.1, 0.15) is 30.0 Å². The monoisotopic (exact) mass is 234 g/mol. The maximum absolute atomic E-state index is 12.3. The fraction of sp³-hybridized carbons (Fsp3) is 0.583. The Morgan fingerprint density at radius 2 is 2.18 bits per heavy atom. The van der Waals surface area contributed by atoms with Crippen molar-refractivity contribution in [1.29, 1.82) is 0 Å². The molecule has 0 bridgehead atoms. The molecular weight excluding hydrogens is 216 g/mol. The SMILES string of the molecule is Cc1cnc(C(=O)N2CCNC(C)C2C)cn1. The van der Waals surface area contributed by atoms with Gasteiger partial charge in [0.15, 0.2) is 0 Å². The molecule has 1 saturated heterocycles. The lowest BCUT2D eigenvalue weighted by molar-refractivity contribution is 0.0596. The molecule has 17 heavy (non-hydrogen) atoms. The Kier molecular flexibility index (Phi) is 3.38. The Labute approximate surface area is 101 Å². The van der Waals surface area contributed by atoms with Gasteiger partial charge in [-0.15, -0.1) is 0 Å². The molecule has 1 N–H and O–H groups in total. The highest BCUT2D eigenvalue weighted by atomic mass is 16.2. The van der Waals surface area contributed by atoms with Crippen LogP contribution < -0.4 is 5.32 Å². The molecule has 2 unspecified atom stereocenters. The predicted octanol–water partition coefficient (Wildman–Crippen LogP) is 0.607. The van der Waals surface area contributed by atoms with Crippen LogP contribution in [-0.2, 0) is 0 Å². The molecule has 0 spiro atoms. The second-order valence-corrected chi connectivity index (χ2v) is 4.52. The lowest BCUT2D eigenvalue weighted by Gasteiger charge is -2.38. The molecule has 2 heterocycles. The van der Waals surface area contributed by atoms with E-state index in [9.17, 15) is 4.79 Å². The average Bonchev–Trinajstić information content (AvgIpc) is 2.33. The maximum atomic E-state index is 12.3. The van der Waals surface area contributed by atoms with Crippen molar-refractivity contribution < 1.29 is 4.79 Å². The minimum Gasteiger partial charge on any atom is -0.332 e. The van der Waals surface area contributed by atoms with E-state index in [1.807, 2.05) is 11.8 Å². The predicted molar refractivity (Wildman–Crippen MR) is 64.7 cm³/mol. The van der Waals surface area contributed by atoms with Gasteiger partial charge >= 0.3 is 0 Å². The van der Waals surface area contributed by atoms with Crippen LogP contribution in [0, 0.1) is 6.92 Å². The highest BCUT2D eigenvalue weighted by Gasteiger charge is 2.29. The summed E-state index contributed by atoms with van der Waals surface area (Å²) in [6.07, 6.45) is 3.18. The molecule has 5 nitrogen and oxygen atoms in total. The first-order valence-corrected chi connectivity index (χ1v) is 5.92. The summed E-state index contributed by atoms with van der Waals surface area (Å²) in [5.74, 6) is -0.0293. The standard InChI is InChI=1S/C12H18N4O/c1-8-6-15-11(7-14-8)12(17)16-5-4-13-9(2)10(16)3/h6-7,9-10,13H,4-5H2,1-3H3. The van der Waals surface area contributed by atoms with Crippen LogP contribution in [0.25, 0.3) is 0 Å². The summed E-state index contributed by atoms with van der Waals surface area (Å²) in [5, 5.41) is 3.35. The number of rotatable bonds is 1. The number of aromatic nitrogens is 2. The zero-order valence-corrected chi connectivity index (χ0v) is 10.5. The third-order valence-electron chi connectivity index (χ3n) is 3.30. The van der Waals surface area contributed by atoms with Crippen molar-refractivity contribution >= 4 is 5.91 Å². The maximum Gasteiger partial charge on any atom is 0.274 e. The number of nitrogens with one attached hydrogen (secondary N) is 1. The number of carbonyl (C=O) groups excluding carboxylic acids is 1. The Morgan fingerprint density at radius 1 is 1.41 bits per heavy atom. The Bertz CT molecular complexity index is 403. The first kappa shape index (κ1) is 12.0. The summed E-state index contributed by atoms with van der Waals surface area (Å²) in [7, 11) is 0. The van der Waals surface area contributed by atoms with Crippen molar-refractivity contribution in [1.82, 2.24) is 20.2 Å². The van der Waals surface area contributed by atoms with E-state index in [1.165, 1.54) is 0 Å². The van der Waals surface area contributed by atoms with Crippen LogP contribution in [0.15, 0.2) is 12.4 Å². The smallest absolute Gasteiger partial charge is 0.274 e. The molecular formula is C12H18N4O. The molecule has 92 valence electrons. The van der Waals surface area contributed by atoms with Gasteiger partial charge in [-0.3, -0.25) is 9.78 Å². The zero-order chi connectivity index (χ0) is 12.4. The van der Waals surface area contributed by atoms with Gasteiger partial charge in [0.1, 0.15) is 5.69 Å². The molecule has 1 amide bonds. The molecule has 1 aliphatic rings. The van der Waals surface area contributed by atoms with Crippen LogP contribution in [-0.4, -0.2) is 45.9 Å². The molecule has 1 aliphatic heterocycles. The second kappa shape index (κ2) is 4.79. The highest BCUT2D eigenvalue weighted by Crippen LogP contribution is 2.12.